The van der Waals surface area contributed by atoms with E-state index in [2.05, 4.69) is 0 Å². The van der Waals surface area contributed by atoms with E-state index in [-0.39, 0.29) is 21.5 Å². The highest BCUT2D eigenvalue weighted by atomic mass is 35.5. The molecule has 0 radical (unpaired) electrons. The number of ether oxygens (including phenoxy) is 2. The topological polar surface area (TPSA) is 55.8 Å². The molecule has 2 aliphatic carbocycles. The summed E-state index contributed by atoms with van der Waals surface area (Å²) in [5, 5.41) is -0.274. The van der Waals surface area contributed by atoms with Crippen LogP contribution in [0, 0.1) is 11.8 Å². The summed E-state index contributed by atoms with van der Waals surface area (Å²) in [6, 6.07) is 4.64. The summed E-state index contributed by atoms with van der Waals surface area (Å²) in [5.41, 5.74) is 0.203. The second-order valence-electron chi connectivity index (χ2n) is 6.63. The van der Waals surface area contributed by atoms with Crippen LogP contribution in [-0.4, -0.2) is 40.1 Å². The maximum Gasteiger partial charge on any atom is 0.240 e. The van der Waals surface area contributed by atoms with Crippen molar-refractivity contribution < 1.29 is 19.1 Å². The van der Waals surface area contributed by atoms with Gasteiger partial charge in [-0.2, -0.15) is 0 Å². The first-order valence-electron chi connectivity index (χ1n) is 7.91. The van der Waals surface area contributed by atoms with Gasteiger partial charge in [0, 0.05) is 6.07 Å². The van der Waals surface area contributed by atoms with Crippen molar-refractivity contribution in [3.8, 4) is 11.5 Å². The molecular weight excluding hydrogens is 495 g/mol. The van der Waals surface area contributed by atoms with Crippen molar-refractivity contribution in [2.24, 2.45) is 11.8 Å². The van der Waals surface area contributed by atoms with Gasteiger partial charge in [-0.05, 0) is 12.1 Å². The predicted octanol–water partition coefficient (Wildman–Crippen LogP) is 4.65. The minimum atomic E-state index is -1.96. The van der Waals surface area contributed by atoms with Crippen LogP contribution in [0.3, 0.4) is 0 Å². The number of amides is 2. The lowest BCUT2D eigenvalue weighted by Crippen LogP contribution is -2.50. The van der Waals surface area contributed by atoms with Gasteiger partial charge in [0.2, 0.25) is 11.8 Å². The first-order valence-corrected chi connectivity index (χ1v) is 10.2. The van der Waals surface area contributed by atoms with E-state index in [1.54, 1.807) is 6.07 Å². The molecule has 4 rings (SSSR count). The highest BCUT2D eigenvalue weighted by Gasteiger charge is 2.87. The molecule has 150 valence electrons. The van der Waals surface area contributed by atoms with Crippen LogP contribution in [0.1, 0.15) is 0 Å². The molecule has 28 heavy (non-hydrogen) atoms. The number of anilines is 1. The Bertz CT molecular complexity index is 919. The lowest BCUT2D eigenvalue weighted by molar-refractivity contribution is -0.123. The Morgan fingerprint density at radius 3 is 1.82 bits per heavy atom. The molecule has 1 heterocycles. The third-order valence-electron chi connectivity index (χ3n) is 5.54. The summed E-state index contributed by atoms with van der Waals surface area (Å²) < 4.78 is 8.50. The van der Waals surface area contributed by atoms with Crippen molar-refractivity contribution in [1.82, 2.24) is 0 Å². The lowest BCUT2D eigenvalue weighted by Gasteiger charge is -2.34. The molecule has 2 amide bonds. The number of hydrogen-bond donors (Lipinski definition) is 0. The van der Waals surface area contributed by atoms with Crippen LogP contribution in [0.4, 0.5) is 5.69 Å². The Kier molecular flexibility index (Phi) is 4.60. The number of allylic oxidation sites excluding steroid dienone is 2. The molecule has 0 unspecified atom stereocenters. The number of carbonyl (C=O) groups excluding carboxylic acids is 2. The number of rotatable bonds is 3. The predicted molar refractivity (Wildman–Crippen MR) is 109 cm³/mol. The lowest BCUT2D eigenvalue weighted by atomic mass is 9.84. The molecule has 2 fully saturated rings. The fourth-order valence-corrected chi connectivity index (χ4v) is 7.13. The number of alkyl halides is 4. The molecule has 1 aliphatic heterocycles. The molecule has 1 saturated carbocycles. The highest BCUT2D eigenvalue weighted by molar-refractivity contribution is 6.67. The summed E-state index contributed by atoms with van der Waals surface area (Å²) in [6.07, 6.45) is 0. The van der Waals surface area contributed by atoms with Gasteiger partial charge in [-0.25, -0.2) is 4.90 Å². The maximum absolute atomic E-state index is 13.3. The quantitative estimate of drug-likeness (QED) is 0.443. The summed E-state index contributed by atoms with van der Waals surface area (Å²) in [5.74, 6) is -2.97. The molecule has 1 saturated heterocycles. The van der Waals surface area contributed by atoms with Gasteiger partial charge < -0.3 is 9.47 Å². The molecule has 1 aromatic carbocycles. The van der Waals surface area contributed by atoms with Crippen LogP contribution < -0.4 is 14.4 Å². The van der Waals surface area contributed by atoms with Crippen molar-refractivity contribution in [3.63, 3.8) is 0 Å². The van der Waals surface area contributed by atoms with Crippen molar-refractivity contribution >= 4 is 87.1 Å². The van der Waals surface area contributed by atoms with Crippen LogP contribution in [0.15, 0.2) is 28.3 Å². The average molecular weight is 506 g/mol. The van der Waals surface area contributed by atoms with Gasteiger partial charge >= 0.3 is 0 Å². The highest BCUT2D eigenvalue weighted by Crippen LogP contribution is 2.77. The summed E-state index contributed by atoms with van der Waals surface area (Å²) in [6.45, 7) is 0. The van der Waals surface area contributed by atoms with Crippen LogP contribution in [0.2, 0.25) is 0 Å². The van der Waals surface area contributed by atoms with Crippen molar-refractivity contribution in [2.75, 3.05) is 19.1 Å². The van der Waals surface area contributed by atoms with Crippen molar-refractivity contribution in [2.45, 2.75) is 14.1 Å². The number of halogens is 6. The molecule has 5 nitrogen and oxygen atoms in total. The Morgan fingerprint density at radius 2 is 1.39 bits per heavy atom. The van der Waals surface area contributed by atoms with E-state index in [0.717, 1.165) is 4.90 Å². The second-order valence-corrected chi connectivity index (χ2v) is 9.91. The van der Waals surface area contributed by atoms with Crippen LogP contribution in [0.25, 0.3) is 0 Å². The molecule has 2 bridgehead atoms. The number of hydrogen-bond acceptors (Lipinski definition) is 4. The molecular formula is C17H11Cl6NO4. The zero-order valence-corrected chi connectivity index (χ0v) is 18.8. The number of benzene rings is 1. The fraction of sp³-hybridized carbons (Fsp3) is 0.412. The van der Waals surface area contributed by atoms with E-state index in [1.807, 2.05) is 0 Å². The largest absolute Gasteiger partial charge is 0.497 e. The standard InChI is InChI=1S/C17H11Cl6NO4/c1-27-6-3-4-7(8(5-6)28-2)24-13(25)9-10(14(24)26)16(21)12(19)11(18)15(9,20)17(16,22)23/h3-5,9-10H,1-2H3/t9-,10-,15+,16+/m1/s1. The zero-order valence-electron chi connectivity index (χ0n) is 14.2. The molecule has 0 N–H and O–H groups in total. The summed E-state index contributed by atoms with van der Waals surface area (Å²) in [4.78, 5) is 23.9. The number of fused-ring (bicyclic) bond motifs is 5. The Hall–Kier alpha value is -0.560. The molecule has 1 aromatic rings. The first-order chi connectivity index (χ1) is 13.0. The Labute approximate surface area is 190 Å². The van der Waals surface area contributed by atoms with Gasteiger partial charge in [0.1, 0.15) is 21.2 Å². The zero-order chi connectivity index (χ0) is 20.8. The van der Waals surface area contributed by atoms with Gasteiger partial charge in [-0.1, -0.05) is 46.4 Å². The fourth-order valence-electron chi connectivity index (χ4n) is 4.20. The molecule has 3 aliphatic rings. The van der Waals surface area contributed by atoms with Gasteiger partial charge in [-0.15, -0.1) is 23.2 Å². The third-order valence-corrected chi connectivity index (χ3v) is 9.80. The van der Waals surface area contributed by atoms with Gasteiger partial charge in [0.25, 0.3) is 0 Å². The van der Waals surface area contributed by atoms with Crippen molar-refractivity contribution in [3.05, 3.63) is 28.3 Å². The van der Waals surface area contributed by atoms with Crippen LogP contribution in [-0.2, 0) is 9.59 Å². The minimum absolute atomic E-state index is 0.137. The normalized spacial score (nSPS) is 35.6. The van der Waals surface area contributed by atoms with E-state index in [1.165, 1.54) is 26.4 Å². The third kappa shape index (κ3) is 2.03. The van der Waals surface area contributed by atoms with E-state index in [4.69, 9.17) is 79.1 Å². The summed E-state index contributed by atoms with van der Waals surface area (Å²) in [7, 11) is 2.88. The Morgan fingerprint density at radius 1 is 0.893 bits per heavy atom. The Balaban J connectivity index is 1.89. The smallest absolute Gasteiger partial charge is 0.240 e. The average Bonchev–Trinajstić information content (AvgIpc) is 3.05. The second kappa shape index (κ2) is 6.22. The number of imide groups is 1. The van der Waals surface area contributed by atoms with Crippen molar-refractivity contribution in [1.29, 1.82) is 0 Å². The van der Waals surface area contributed by atoms with E-state index in [0.29, 0.717) is 5.75 Å². The van der Waals surface area contributed by atoms with E-state index in [9.17, 15) is 9.59 Å². The maximum atomic E-state index is 13.3. The molecule has 11 heteroatoms. The first kappa shape index (κ1) is 20.7. The SMILES string of the molecule is COc1ccc(N2C(=O)[C@H]3[C@H](C2=O)[C@]2(Cl)C(Cl)=C(Cl)[C@]3(Cl)C2(Cl)Cl)c(OC)c1. The van der Waals surface area contributed by atoms with Crippen LogP contribution >= 0.6 is 69.6 Å². The van der Waals surface area contributed by atoms with Gasteiger partial charge in [0.05, 0.1) is 41.8 Å². The molecule has 0 spiro atoms. The van der Waals surface area contributed by atoms with Crippen LogP contribution in [0.5, 0.6) is 11.5 Å². The van der Waals surface area contributed by atoms with Gasteiger partial charge in [-0.3, -0.25) is 9.59 Å². The number of methoxy groups -OCH3 is 2. The monoisotopic (exact) mass is 503 g/mol. The van der Waals surface area contributed by atoms with E-state index >= 15 is 0 Å². The molecule has 4 atom stereocenters. The van der Waals surface area contributed by atoms with E-state index < -0.39 is 37.7 Å². The minimum Gasteiger partial charge on any atom is -0.497 e. The number of carbonyl (C=O) groups is 2. The number of nitrogens with zero attached hydrogens (tertiary/aromatic N) is 1. The van der Waals surface area contributed by atoms with Gasteiger partial charge in [0.15, 0.2) is 4.33 Å². The summed E-state index contributed by atoms with van der Waals surface area (Å²) >= 11 is 38.9. The molecule has 0 aromatic heterocycles.